The van der Waals surface area contributed by atoms with Crippen LogP contribution >= 0.6 is 24.0 Å². The first-order valence-corrected chi connectivity index (χ1v) is 10.6. The minimum atomic E-state index is 0. The van der Waals surface area contributed by atoms with Crippen LogP contribution in [0.15, 0.2) is 29.3 Å². The molecule has 1 aromatic carbocycles. The van der Waals surface area contributed by atoms with Crippen LogP contribution in [0.2, 0.25) is 0 Å². The minimum absolute atomic E-state index is 0. The molecule has 6 nitrogen and oxygen atoms in total. The van der Waals surface area contributed by atoms with Crippen LogP contribution in [0.4, 0.5) is 0 Å². The van der Waals surface area contributed by atoms with Crippen LogP contribution in [-0.4, -0.2) is 52.1 Å². The fourth-order valence-corrected chi connectivity index (χ4v) is 2.85. The first kappa shape index (κ1) is 26.0. The zero-order valence-electron chi connectivity index (χ0n) is 18.1. The van der Waals surface area contributed by atoms with Crippen LogP contribution in [0.5, 0.6) is 5.75 Å². The first-order chi connectivity index (χ1) is 13.7. The molecular formula is C22H38IN3O3. The maximum Gasteiger partial charge on any atom is 0.191 e. The Morgan fingerprint density at radius 1 is 1.31 bits per heavy atom. The van der Waals surface area contributed by atoms with Crippen molar-refractivity contribution in [3.63, 3.8) is 0 Å². The quantitative estimate of drug-likeness (QED) is 0.190. The van der Waals surface area contributed by atoms with Crippen molar-refractivity contribution in [1.82, 2.24) is 10.6 Å². The van der Waals surface area contributed by atoms with E-state index in [-0.39, 0.29) is 24.0 Å². The van der Waals surface area contributed by atoms with Crippen LogP contribution in [0.1, 0.15) is 39.2 Å². The number of hydrogen-bond donors (Lipinski definition) is 2. The van der Waals surface area contributed by atoms with Gasteiger partial charge in [0, 0.05) is 32.2 Å². The van der Waals surface area contributed by atoms with E-state index < -0.39 is 0 Å². The van der Waals surface area contributed by atoms with Crippen molar-refractivity contribution in [2.45, 2.75) is 40.2 Å². The molecule has 1 fully saturated rings. The Bertz CT molecular complexity index is 578. The molecule has 1 saturated heterocycles. The predicted octanol–water partition coefficient (Wildman–Crippen LogP) is 3.84. The molecule has 166 valence electrons. The zero-order valence-corrected chi connectivity index (χ0v) is 20.4. The normalized spacial score (nSPS) is 16.6. The van der Waals surface area contributed by atoms with Gasteiger partial charge in [0.1, 0.15) is 5.75 Å². The molecule has 1 atom stereocenters. The summed E-state index contributed by atoms with van der Waals surface area (Å²) in [7, 11) is 0. The highest BCUT2D eigenvalue weighted by Gasteiger charge is 2.15. The topological polar surface area (TPSA) is 64.1 Å². The van der Waals surface area contributed by atoms with Gasteiger partial charge in [-0.15, -0.1) is 24.0 Å². The highest BCUT2D eigenvalue weighted by molar-refractivity contribution is 14.0. The summed E-state index contributed by atoms with van der Waals surface area (Å²) in [5.41, 5.74) is 1.14. The molecule has 1 unspecified atom stereocenters. The maximum absolute atomic E-state index is 5.80. The van der Waals surface area contributed by atoms with Crippen LogP contribution in [-0.2, 0) is 16.0 Å². The van der Waals surface area contributed by atoms with Gasteiger partial charge in [0.25, 0.3) is 0 Å². The molecule has 0 bridgehead atoms. The zero-order chi connectivity index (χ0) is 20.0. The van der Waals surface area contributed by atoms with E-state index in [1.807, 2.05) is 12.1 Å². The molecule has 0 radical (unpaired) electrons. The summed E-state index contributed by atoms with van der Waals surface area (Å²) in [4.78, 5) is 4.68. The molecule has 1 aliphatic heterocycles. The third-order valence-corrected chi connectivity index (χ3v) is 4.38. The van der Waals surface area contributed by atoms with E-state index >= 15 is 0 Å². The summed E-state index contributed by atoms with van der Waals surface area (Å²) in [6, 6.07) is 8.16. The minimum Gasteiger partial charge on any atom is -0.493 e. The van der Waals surface area contributed by atoms with Crippen molar-refractivity contribution in [3.8, 4) is 5.75 Å². The van der Waals surface area contributed by atoms with E-state index in [9.17, 15) is 0 Å². The van der Waals surface area contributed by atoms with Gasteiger partial charge >= 0.3 is 0 Å². The molecule has 1 heterocycles. The van der Waals surface area contributed by atoms with E-state index in [0.29, 0.717) is 18.4 Å². The highest BCUT2D eigenvalue weighted by Crippen LogP contribution is 2.15. The molecule has 0 spiro atoms. The molecular weight excluding hydrogens is 481 g/mol. The largest absolute Gasteiger partial charge is 0.493 e. The lowest BCUT2D eigenvalue weighted by molar-refractivity contribution is 0.0888. The van der Waals surface area contributed by atoms with Crippen molar-refractivity contribution in [2.24, 2.45) is 16.8 Å². The van der Waals surface area contributed by atoms with Gasteiger partial charge in [-0.25, -0.2) is 4.99 Å². The molecule has 2 rings (SSSR count). The van der Waals surface area contributed by atoms with Gasteiger partial charge in [-0.1, -0.05) is 26.0 Å². The number of guanidine groups is 1. The second-order valence-electron chi connectivity index (χ2n) is 7.63. The molecule has 1 aliphatic rings. The number of halogens is 1. The van der Waals surface area contributed by atoms with Gasteiger partial charge in [-0.05, 0) is 43.4 Å². The SMILES string of the molecule is CCNC(=NCc1cccc(OCC(C)C)c1)NCCCOCC1CCOC1.I. The molecule has 0 aliphatic carbocycles. The number of nitrogens with zero attached hydrogens (tertiary/aromatic N) is 1. The van der Waals surface area contributed by atoms with Crippen LogP contribution < -0.4 is 15.4 Å². The molecule has 0 aromatic heterocycles. The Kier molecular flexibility index (Phi) is 14.1. The Morgan fingerprint density at radius 3 is 2.90 bits per heavy atom. The number of ether oxygens (including phenoxy) is 3. The van der Waals surface area contributed by atoms with Gasteiger partial charge in [-0.2, -0.15) is 0 Å². The van der Waals surface area contributed by atoms with Crippen LogP contribution in [0, 0.1) is 11.8 Å². The smallest absolute Gasteiger partial charge is 0.191 e. The van der Waals surface area contributed by atoms with Gasteiger partial charge in [0.05, 0.1) is 26.4 Å². The maximum atomic E-state index is 5.80. The van der Waals surface area contributed by atoms with E-state index in [2.05, 4.69) is 48.5 Å². The van der Waals surface area contributed by atoms with Crippen LogP contribution in [0.3, 0.4) is 0 Å². The van der Waals surface area contributed by atoms with Crippen molar-refractivity contribution in [3.05, 3.63) is 29.8 Å². The highest BCUT2D eigenvalue weighted by atomic mass is 127. The van der Waals surface area contributed by atoms with E-state index in [1.54, 1.807) is 0 Å². The monoisotopic (exact) mass is 519 g/mol. The van der Waals surface area contributed by atoms with Crippen molar-refractivity contribution in [1.29, 1.82) is 0 Å². The average Bonchev–Trinajstić information content (AvgIpc) is 3.21. The van der Waals surface area contributed by atoms with E-state index in [4.69, 9.17) is 14.2 Å². The predicted molar refractivity (Wildman–Crippen MR) is 129 cm³/mol. The Morgan fingerprint density at radius 2 is 2.17 bits per heavy atom. The molecule has 0 saturated carbocycles. The second-order valence-corrected chi connectivity index (χ2v) is 7.63. The number of nitrogens with one attached hydrogen (secondary N) is 2. The third-order valence-electron chi connectivity index (χ3n) is 4.38. The van der Waals surface area contributed by atoms with Crippen LogP contribution in [0.25, 0.3) is 0 Å². The number of benzene rings is 1. The summed E-state index contributed by atoms with van der Waals surface area (Å²) < 4.78 is 16.9. The molecule has 1 aromatic rings. The second kappa shape index (κ2) is 15.7. The molecule has 7 heteroatoms. The summed E-state index contributed by atoms with van der Waals surface area (Å²) in [5.74, 6) is 2.83. The van der Waals surface area contributed by atoms with Gasteiger partial charge in [0.2, 0.25) is 0 Å². The lowest BCUT2D eigenvalue weighted by Crippen LogP contribution is -2.38. The Labute approximate surface area is 193 Å². The lowest BCUT2D eigenvalue weighted by atomic mass is 10.1. The first-order valence-electron chi connectivity index (χ1n) is 10.6. The van der Waals surface area contributed by atoms with Gasteiger partial charge in [0.15, 0.2) is 5.96 Å². The average molecular weight is 519 g/mol. The summed E-state index contributed by atoms with van der Waals surface area (Å²) >= 11 is 0. The fourth-order valence-electron chi connectivity index (χ4n) is 2.85. The van der Waals surface area contributed by atoms with E-state index in [1.165, 1.54) is 0 Å². The fraction of sp³-hybridized carbons (Fsp3) is 0.682. The third kappa shape index (κ3) is 11.6. The lowest BCUT2D eigenvalue weighted by Gasteiger charge is -2.13. The van der Waals surface area contributed by atoms with Crippen molar-refractivity contribution >= 4 is 29.9 Å². The number of aliphatic imine (C=N–C) groups is 1. The molecule has 29 heavy (non-hydrogen) atoms. The number of rotatable bonds is 12. The number of hydrogen-bond acceptors (Lipinski definition) is 4. The summed E-state index contributed by atoms with van der Waals surface area (Å²) in [5, 5.41) is 6.67. The Hall–Kier alpha value is -1.06. The Balaban J connectivity index is 0.00000420. The standard InChI is InChI=1S/C22H37N3O3.HI/c1-4-23-22(24-10-6-11-26-16-20-9-12-27-17-20)25-14-19-7-5-8-21(13-19)28-15-18(2)3;/h5,7-8,13,18,20H,4,6,9-12,14-17H2,1-3H3,(H2,23,24,25);1H. The summed E-state index contributed by atoms with van der Waals surface area (Å²) in [6.07, 6.45) is 2.08. The van der Waals surface area contributed by atoms with E-state index in [0.717, 1.165) is 76.2 Å². The van der Waals surface area contributed by atoms with Gasteiger partial charge < -0.3 is 24.8 Å². The van der Waals surface area contributed by atoms with Crippen molar-refractivity contribution < 1.29 is 14.2 Å². The molecule has 0 amide bonds. The molecule has 2 N–H and O–H groups in total. The van der Waals surface area contributed by atoms with Crippen molar-refractivity contribution in [2.75, 3.05) is 46.1 Å². The summed E-state index contributed by atoms with van der Waals surface area (Å²) in [6.45, 7) is 12.7. The van der Waals surface area contributed by atoms with Gasteiger partial charge in [-0.3, -0.25) is 0 Å².